The van der Waals surface area contributed by atoms with Crippen LogP contribution in [0.2, 0.25) is 0 Å². The van der Waals surface area contributed by atoms with Crippen molar-refractivity contribution in [2.45, 2.75) is 77.0 Å². The molecule has 0 aromatic heterocycles. The average Bonchev–Trinajstić information content (AvgIpc) is 2.89. The molecule has 0 saturated heterocycles. The van der Waals surface area contributed by atoms with Crippen molar-refractivity contribution in [1.82, 2.24) is 0 Å². The third-order valence-corrected chi connectivity index (χ3v) is 8.01. The zero-order chi connectivity index (χ0) is 18.9. The summed E-state index contributed by atoms with van der Waals surface area (Å²) >= 11 is 0. The lowest BCUT2D eigenvalue weighted by Gasteiger charge is -2.55. The number of allylic oxidation sites excluding steroid dienone is 4. The lowest BCUT2D eigenvalue weighted by Crippen LogP contribution is -2.59. The van der Waals surface area contributed by atoms with Gasteiger partial charge in [0.1, 0.15) is 0 Å². The Balaban J connectivity index is 1.81. The molecule has 4 aliphatic carbocycles. The summed E-state index contributed by atoms with van der Waals surface area (Å²) in [6, 6.07) is 0. The van der Waals surface area contributed by atoms with Crippen molar-refractivity contribution in [2.24, 2.45) is 23.2 Å². The molecular formula is C21H27F3O2. The number of carbonyl (C=O) groups is 1. The molecule has 144 valence electrons. The van der Waals surface area contributed by atoms with Gasteiger partial charge >= 0.3 is 6.18 Å². The van der Waals surface area contributed by atoms with Crippen LogP contribution in [0.4, 0.5) is 13.2 Å². The van der Waals surface area contributed by atoms with Gasteiger partial charge in [0.05, 0.1) is 0 Å². The van der Waals surface area contributed by atoms with E-state index in [1.807, 2.05) is 6.92 Å². The van der Waals surface area contributed by atoms with Gasteiger partial charge in [-0.15, -0.1) is 0 Å². The second-order valence-corrected chi connectivity index (χ2v) is 8.86. The summed E-state index contributed by atoms with van der Waals surface area (Å²) in [6.45, 7) is 3.92. The first-order valence-corrected chi connectivity index (χ1v) is 9.89. The van der Waals surface area contributed by atoms with E-state index in [-0.39, 0.29) is 30.0 Å². The van der Waals surface area contributed by atoms with Crippen molar-refractivity contribution in [1.29, 1.82) is 0 Å². The van der Waals surface area contributed by atoms with Crippen LogP contribution >= 0.6 is 0 Å². The monoisotopic (exact) mass is 368 g/mol. The largest absolute Gasteiger partial charge is 0.417 e. The standard InChI is InChI=1S/C21H27F3O2/c1-3-19-8-6-16-15-5-4-14(25)11-13(15)10-12(2)18(16)17(19)7-9-20(19,26)21(22,23)24/h11-12,17-18,26H,3-10H2,1-2H3/t12-,17+,18-,19?,20+/m1/s1. The predicted octanol–water partition coefficient (Wildman–Crippen LogP) is 5.12. The van der Waals surface area contributed by atoms with E-state index in [9.17, 15) is 23.1 Å². The summed E-state index contributed by atoms with van der Waals surface area (Å²) < 4.78 is 41.6. The molecule has 2 nitrogen and oxygen atoms in total. The van der Waals surface area contributed by atoms with Crippen LogP contribution in [0.5, 0.6) is 0 Å². The van der Waals surface area contributed by atoms with E-state index in [0.717, 1.165) is 18.4 Å². The molecule has 0 amide bonds. The van der Waals surface area contributed by atoms with Crippen molar-refractivity contribution < 1.29 is 23.1 Å². The fraction of sp³-hybridized carbons (Fsp3) is 0.762. The van der Waals surface area contributed by atoms with Crippen LogP contribution in [0.1, 0.15) is 65.2 Å². The topological polar surface area (TPSA) is 37.3 Å². The molecule has 0 spiro atoms. The maximum absolute atomic E-state index is 13.9. The van der Waals surface area contributed by atoms with Crippen molar-refractivity contribution in [3.05, 3.63) is 22.8 Å². The van der Waals surface area contributed by atoms with Gasteiger partial charge in [0.25, 0.3) is 0 Å². The van der Waals surface area contributed by atoms with Gasteiger partial charge in [0.2, 0.25) is 0 Å². The van der Waals surface area contributed by atoms with Crippen molar-refractivity contribution >= 4 is 5.78 Å². The maximum atomic E-state index is 13.9. The van der Waals surface area contributed by atoms with Gasteiger partial charge in [-0.1, -0.05) is 19.4 Å². The highest BCUT2D eigenvalue weighted by Gasteiger charge is 2.72. The van der Waals surface area contributed by atoms with Crippen LogP contribution in [0.25, 0.3) is 0 Å². The molecule has 1 N–H and O–H groups in total. The molecule has 0 radical (unpaired) electrons. The Bertz CT molecular complexity index is 705. The SMILES string of the molecule is CCC12CCC3=C4CCC(=O)C=C4C[C@@H](C)[C@H]3[C@@H]1CC[C@@]2(O)C(F)(F)F. The van der Waals surface area contributed by atoms with Gasteiger partial charge in [-0.3, -0.25) is 4.79 Å². The van der Waals surface area contributed by atoms with Crippen LogP contribution in [-0.4, -0.2) is 22.7 Å². The summed E-state index contributed by atoms with van der Waals surface area (Å²) in [5, 5.41) is 10.8. The minimum absolute atomic E-state index is 0.112. The van der Waals surface area contributed by atoms with E-state index in [1.54, 1.807) is 6.08 Å². The average molecular weight is 368 g/mol. The van der Waals surface area contributed by atoms with E-state index in [0.29, 0.717) is 32.1 Å². The van der Waals surface area contributed by atoms with Crippen molar-refractivity contribution in [2.75, 3.05) is 0 Å². The quantitative estimate of drug-likeness (QED) is 0.697. The fourth-order valence-electron chi connectivity index (χ4n) is 6.91. The van der Waals surface area contributed by atoms with Gasteiger partial charge in [0, 0.05) is 11.8 Å². The van der Waals surface area contributed by atoms with Crippen LogP contribution in [-0.2, 0) is 4.79 Å². The third kappa shape index (κ3) is 2.18. The van der Waals surface area contributed by atoms with Gasteiger partial charge in [0.15, 0.2) is 11.4 Å². The Hall–Kier alpha value is -1.10. The molecule has 26 heavy (non-hydrogen) atoms. The molecular weight excluding hydrogens is 341 g/mol. The molecule has 5 atom stereocenters. The van der Waals surface area contributed by atoms with Crippen molar-refractivity contribution in [3.63, 3.8) is 0 Å². The minimum Gasteiger partial charge on any atom is -0.380 e. The van der Waals surface area contributed by atoms with Crippen LogP contribution in [0.3, 0.4) is 0 Å². The second-order valence-electron chi connectivity index (χ2n) is 8.86. The normalized spacial score (nSPS) is 42.9. The molecule has 0 aromatic rings. The zero-order valence-corrected chi connectivity index (χ0v) is 15.5. The fourth-order valence-corrected chi connectivity index (χ4v) is 6.91. The molecule has 2 fully saturated rings. The Morgan fingerprint density at radius 2 is 1.96 bits per heavy atom. The summed E-state index contributed by atoms with van der Waals surface area (Å²) in [5.41, 5.74) is 0.0319. The molecule has 1 unspecified atom stereocenters. The van der Waals surface area contributed by atoms with E-state index in [4.69, 9.17) is 0 Å². The third-order valence-electron chi connectivity index (χ3n) is 8.01. The lowest BCUT2D eigenvalue weighted by molar-refractivity contribution is -0.303. The Labute approximate surface area is 152 Å². The predicted molar refractivity (Wildman–Crippen MR) is 92.3 cm³/mol. The van der Waals surface area contributed by atoms with Gasteiger partial charge < -0.3 is 5.11 Å². The van der Waals surface area contributed by atoms with Gasteiger partial charge in [-0.25, -0.2) is 0 Å². The van der Waals surface area contributed by atoms with Crippen LogP contribution in [0.15, 0.2) is 22.8 Å². The molecule has 5 heteroatoms. The highest BCUT2D eigenvalue weighted by molar-refractivity contribution is 5.93. The van der Waals surface area contributed by atoms with E-state index in [1.165, 1.54) is 11.1 Å². The molecule has 4 rings (SSSR count). The first kappa shape index (κ1) is 18.3. The number of carbonyl (C=O) groups excluding carboxylic acids is 1. The molecule has 0 bridgehead atoms. The van der Waals surface area contributed by atoms with Gasteiger partial charge in [-0.05, 0) is 79.9 Å². The highest BCUT2D eigenvalue weighted by atomic mass is 19.4. The number of aliphatic hydroxyl groups is 1. The van der Waals surface area contributed by atoms with E-state index < -0.39 is 17.2 Å². The maximum Gasteiger partial charge on any atom is 0.417 e. The molecule has 0 heterocycles. The number of ketones is 1. The Morgan fingerprint density at radius 3 is 2.62 bits per heavy atom. The number of alkyl halides is 3. The van der Waals surface area contributed by atoms with Crippen molar-refractivity contribution in [3.8, 4) is 0 Å². The van der Waals surface area contributed by atoms with Crippen LogP contribution < -0.4 is 0 Å². The summed E-state index contributed by atoms with van der Waals surface area (Å²) in [6.07, 6.45) is 0.847. The number of fused-ring (bicyclic) bond motifs is 4. The smallest absolute Gasteiger partial charge is 0.380 e. The first-order chi connectivity index (χ1) is 12.1. The summed E-state index contributed by atoms with van der Waals surface area (Å²) in [4.78, 5) is 11.8. The molecule has 0 aromatic carbocycles. The number of halogens is 3. The highest BCUT2D eigenvalue weighted by Crippen LogP contribution is 2.68. The zero-order valence-electron chi connectivity index (χ0n) is 15.5. The minimum atomic E-state index is -4.58. The summed E-state index contributed by atoms with van der Waals surface area (Å²) in [5.74, 6) is 0.378. The Morgan fingerprint density at radius 1 is 1.23 bits per heavy atom. The lowest BCUT2D eigenvalue weighted by atomic mass is 9.51. The van der Waals surface area contributed by atoms with E-state index in [2.05, 4.69) is 6.92 Å². The van der Waals surface area contributed by atoms with Crippen LogP contribution in [0, 0.1) is 23.2 Å². The second kappa shape index (κ2) is 5.70. The first-order valence-electron chi connectivity index (χ1n) is 9.89. The number of hydrogen-bond donors (Lipinski definition) is 1. The summed E-state index contributed by atoms with van der Waals surface area (Å²) in [7, 11) is 0. The Kier molecular flexibility index (Phi) is 4.00. The number of hydrogen-bond acceptors (Lipinski definition) is 2. The van der Waals surface area contributed by atoms with Gasteiger partial charge in [-0.2, -0.15) is 13.2 Å². The molecule has 2 saturated carbocycles. The molecule has 0 aliphatic heterocycles. The van der Waals surface area contributed by atoms with E-state index >= 15 is 0 Å². The molecule has 4 aliphatic rings. The number of rotatable bonds is 1.